The summed E-state index contributed by atoms with van der Waals surface area (Å²) in [5, 5.41) is 3.12. The number of fused-ring (bicyclic) bond motifs is 1. The van der Waals surface area contributed by atoms with Crippen molar-refractivity contribution in [3.63, 3.8) is 0 Å². The van der Waals surface area contributed by atoms with Crippen LogP contribution in [0.2, 0.25) is 0 Å². The molecule has 0 fully saturated rings. The molecule has 1 heterocycles. The van der Waals surface area contributed by atoms with E-state index in [2.05, 4.69) is 21.2 Å². The highest BCUT2D eigenvalue weighted by Crippen LogP contribution is 2.38. The van der Waals surface area contributed by atoms with Crippen LogP contribution < -0.4 is 14.8 Å². The molecule has 1 N–H and O–H groups in total. The van der Waals surface area contributed by atoms with Gasteiger partial charge in [0.05, 0.1) is 5.69 Å². The standard InChI is InChI=1S/C15H12BrF2NO2/c16-12-6-14-15(21-2-1-20-14)7-13(12)19-8-9-3-10(17)5-11(18)4-9/h3-7,19H,1-2,8H2. The molecule has 0 bridgehead atoms. The second kappa shape index (κ2) is 5.89. The van der Waals surface area contributed by atoms with Crippen LogP contribution in [0.4, 0.5) is 14.5 Å². The van der Waals surface area contributed by atoms with Crippen molar-refractivity contribution in [2.24, 2.45) is 0 Å². The summed E-state index contributed by atoms with van der Waals surface area (Å²) in [4.78, 5) is 0. The maximum absolute atomic E-state index is 13.1. The Kier molecular flexibility index (Phi) is 3.96. The van der Waals surface area contributed by atoms with Gasteiger partial charge in [-0.1, -0.05) is 0 Å². The molecule has 0 saturated heterocycles. The molecule has 0 spiro atoms. The van der Waals surface area contributed by atoms with Crippen molar-refractivity contribution < 1.29 is 18.3 Å². The largest absolute Gasteiger partial charge is 0.486 e. The highest BCUT2D eigenvalue weighted by Gasteiger charge is 2.14. The predicted octanol–water partition coefficient (Wildman–Crippen LogP) is 4.11. The maximum Gasteiger partial charge on any atom is 0.163 e. The number of anilines is 1. The summed E-state index contributed by atoms with van der Waals surface area (Å²) < 4.78 is 38.1. The SMILES string of the molecule is Fc1cc(F)cc(CNc2cc3c(cc2Br)OCCO3)c1. The van der Waals surface area contributed by atoms with Crippen LogP contribution in [0, 0.1) is 11.6 Å². The fraction of sp³-hybridized carbons (Fsp3) is 0.200. The van der Waals surface area contributed by atoms with Gasteiger partial charge in [0.1, 0.15) is 24.8 Å². The van der Waals surface area contributed by atoms with Crippen molar-refractivity contribution in [2.75, 3.05) is 18.5 Å². The Morgan fingerprint density at radius 3 is 2.24 bits per heavy atom. The first-order valence-corrected chi connectivity index (χ1v) is 7.19. The van der Waals surface area contributed by atoms with Gasteiger partial charge in [-0.3, -0.25) is 0 Å². The second-order valence-corrected chi connectivity index (χ2v) is 5.46. The first-order chi connectivity index (χ1) is 10.1. The Labute approximate surface area is 129 Å². The molecular formula is C15H12BrF2NO2. The zero-order valence-corrected chi connectivity index (χ0v) is 12.5. The number of nitrogens with one attached hydrogen (secondary N) is 1. The summed E-state index contributed by atoms with van der Waals surface area (Å²) in [6.07, 6.45) is 0. The Morgan fingerprint density at radius 2 is 1.57 bits per heavy atom. The molecule has 21 heavy (non-hydrogen) atoms. The van der Waals surface area contributed by atoms with Gasteiger partial charge < -0.3 is 14.8 Å². The highest BCUT2D eigenvalue weighted by atomic mass is 79.9. The van der Waals surface area contributed by atoms with Crippen molar-refractivity contribution in [2.45, 2.75) is 6.54 Å². The van der Waals surface area contributed by atoms with E-state index in [9.17, 15) is 8.78 Å². The van der Waals surface area contributed by atoms with Crippen molar-refractivity contribution in [3.8, 4) is 11.5 Å². The molecule has 0 atom stereocenters. The van der Waals surface area contributed by atoms with Gasteiger partial charge in [0.25, 0.3) is 0 Å². The second-order valence-electron chi connectivity index (χ2n) is 4.61. The Hall–Kier alpha value is -1.82. The van der Waals surface area contributed by atoms with Crippen LogP contribution in [-0.2, 0) is 6.54 Å². The average molecular weight is 356 g/mol. The highest BCUT2D eigenvalue weighted by molar-refractivity contribution is 9.10. The molecular weight excluding hydrogens is 344 g/mol. The quantitative estimate of drug-likeness (QED) is 0.898. The van der Waals surface area contributed by atoms with Crippen LogP contribution in [-0.4, -0.2) is 13.2 Å². The fourth-order valence-electron chi connectivity index (χ4n) is 2.11. The molecule has 0 amide bonds. The van der Waals surface area contributed by atoms with E-state index in [4.69, 9.17) is 9.47 Å². The molecule has 0 radical (unpaired) electrons. The van der Waals surface area contributed by atoms with E-state index < -0.39 is 11.6 Å². The van der Waals surface area contributed by atoms with E-state index >= 15 is 0 Å². The van der Waals surface area contributed by atoms with E-state index in [0.29, 0.717) is 36.8 Å². The lowest BCUT2D eigenvalue weighted by atomic mass is 10.2. The lowest BCUT2D eigenvalue weighted by Crippen LogP contribution is -2.15. The van der Waals surface area contributed by atoms with Gasteiger partial charge in [-0.05, 0) is 33.6 Å². The zero-order chi connectivity index (χ0) is 14.8. The number of rotatable bonds is 3. The van der Waals surface area contributed by atoms with E-state index in [-0.39, 0.29) is 0 Å². The van der Waals surface area contributed by atoms with Crippen LogP contribution >= 0.6 is 15.9 Å². The molecule has 2 aromatic carbocycles. The minimum Gasteiger partial charge on any atom is -0.486 e. The van der Waals surface area contributed by atoms with Gasteiger partial charge >= 0.3 is 0 Å². The molecule has 3 nitrogen and oxygen atoms in total. The minimum atomic E-state index is -0.590. The summed E-state index contributed by atoms with van der Waals surface area (Å²) in [5.74, 6) is 0.147. The van der Waals surface area contributed by atoms with Crippen LogP contribution in [0.5, 0.6) is 11.5 Å². The van der Waals surface area contributed by atoms with E-state index in [1.54, 1.807) is 6.07 Å². The van der Waals surface area contributed by atoms with E-state index in [0.717, 1.165) is 16.2 Å². The number of hydrogen-bond donors (Lipinski definition) is 1. The third-order valence-electron chi connectivity index (χ3n) is 3.04. The van der Waals surface area contributed by atoms with Crippen LogP contribution in [0.3, 0.4) is 0 Å². The molecule has 6 heteroatoms. The van der Waals surface area contributed by atoms with Gasteiger partial charge in [0, 0.05) is 29.2 Å². The molecule has 0 saturated carbocycles. The van der Waals surface area contributed by atoms with Gasteiger partial charge in [-0.2, -0.15) is 0 Å². The van der Waals surface area contributed by atoms with Crippen LogP contribution in [0.1, 0.15) is 5.56 Å². The van der Waals surface area contributed by atoms with Crippen molar-refractivity contribution >= 4 is 21.6 Å². The first-order valence-electron chi connectivity index (χ1n) is 6.40. The fourth-order valence-corrected chi connectivity index (χ4v) is 2.57. The molecule has 0 unspecified atom stereocenters. The van der Waals surface area contributed by atoms with E-state index in [1.807, 2.05) is 6.07 Å². The van der Waals surface area contributed by atoms with Gasteiger partial charge in [0.15, 0.2) is 11.5 Å². The van der Waals surface area contributed by atoms with Crippen molar-refractivity contribution in [1.29, 1.82) is 0 Å². The molecule has 1 aliphatic heterocycles. The number of ether oxygens (including phenoxy) is 2. The van der Waals surface area contributed by atoms with E-state index in [1.165, 1.54) is 12.1 Å². The Morgan fingerprint density at radius 1 is 0.952 bits per heavy atom. The molecule has 3 rings (SSSR count). The molecule has 0 aromatic heterocycles. The minimum absolute atomic E-state index is 0.299. The molecule has 0 aliphatic carbocycles. The third-order valence-corrected chi connectivity index (χ3v) is 3.69. The maximum atomic E-state index is 13.1. The summed E-state index contributed by atoms with van der Waals surface area (Å²) in [5.41, 5.74) is 1.29. The lowest BCUT2D eigenvalue weighted by Gasteiger charge is -2.20. The average Bonchev–Trinajstić information content (AvgIpc) is 2.44. The predicted molar refractivity (Wildman–Crippen MR) is 78.8 cm³/mol. The zero-order valence-electron chi connectivity index (χ0n) is 11.0. The number of hydrogen-bond acceptors (Lipinski definition) is 3. The Bertz CT molecular complexity index is 659. The molecule has 110 valence electrons. The van der Waals surface area contributed by atoms with Gasteiger partial charge in [0.2, 0.25) is 0 Å². The lowest BCUT2D eigenvalue weighted by molar-refractivity contribution is 0.171. The van der Waals surface area contributed by atoms with Gasteiger partial charge in [-0.25, -0.2) is 8.78 Å². The Balaban J connectivity index is 1.78. The van der Waals surface area contributed by atoms with Crippen molar-refractivity contribution in [3.05, 3.63) is 52.0 Å². The van der Waals surface area contributed by atoms with Crippen molar-refractivity contribution in [1.82, 2.24) is 0 Å². The number of benzene rings is 2. The monoisotopic (exact) mass is 355 g/mol. The van der Waals surface area contributed by atoms with Crippen LogP contribution in [0.25, 0.3) is 0 Å². The summed E-state index contributed by atoms with van der Waals surface area (Å²) in [6.45, 7) is 1.32. The summed E-state index contributed by atoms with van der Waals surface area (Å²) >= 11 is 3.43. The molecule has 2 aromatic rings. The van der Waals surface area contributed by atoms with Crippen LogP contribution in [0.15, 0.2) is 34.8 Å². The third kappa shape index (κ3) is 3.26. The van der Waals surface area contributed by atoms with Gasteiger partial charge in [-0.15, -0.1) is 0 Å². The summed E-state index contributed by atoms with van der Waals surface area (Å²) in [6, 6.07) is 7.05. The smallest absolute Gasteiger partial charge is 0.163 e. The molecule has 1 aliphatic rings. The topological polar surface area (TPSA) is 30.5 Å². The normalized spacial score (nSPS) is 13.1. The first kappa shape index (κ1) is 14.1. The number of halogens is 3. The summed E-state index contributed by atoms with van der Waals surface area (Å²) in [7, 11) is 0.